The normalized spacial score (nSPS) is 17.9. The molecule has 4 nitrogen and oxygen atoms in total. The lowest BCUT2D eigenvalue weighted by molar-refractivity contribution is -0.109. The molecule has 0 amide bonds. The molecule has 198 valence electrons. The molecule has 2 saturated carbocycles. The molecule has 5 heteroatoms. The van der Waals surface area contributed by atoms with Crippen LogP contribution < -0.4 is 10.6 Å². The van der Waals surface area contributed by atoms with E-state index < -0.39 is 0 Å². The van der Waals surface area contributed by atoms with E-state index >= 15 is 0 Å². The average Bonchev–Trinajstić information content (AvgIpc) is 2.77. The van der Waals surface area contributed by atoms with Crippen LogP contribution in [-0.2, 0) is 4.74 Å². The Morgan fingerprint density at radius 2 is 1.92 bits per heavy atom. The fraction of sp³-hybridized carbons (Fsp3) is 0.645. The summed E-state index contributed by atoms with van der Waals surface area (Å²) < 4.78 is 6.58. The van der Waals surface area contributed by atoms with Gasteiger partial charge < -0.3 is 15.4 Å². The molecule has 0 spiro atoms. The van der Waals surface area contributed by atoms with E-state index in [4.69, 9.17) is 21.3 Å². The Hall–Kier alpha value is -1.78. The summed E-state index contributed by atoms with van der Waals surface area (Å²) in [6, 6.07) is 6.02. The predicted molar refractivity (Wildman–Crippen MR) is 155 cm³/mol. The van der Waals surface area contributed by atoms with E-state index in [-0.39, 0.29) is 11.0 Å². The lowest BCUT2D eigenvalue weighted by atomic mass is 9.74. The number of pyridine rings is 1. The maximum Gasteiger partial charge on any atom is 0.0810 e. The van der Waals surface area contributed by atoms with Gasteiger partial charge in [-0.1, -0.05) is 50.8 Å². The summed E-state index contributed by atoms with van der Waals surface area (Å²) in [7, 11) is 0. The minimum atomic E-state index is -0.0509. The van der Waals surface area contributed by atoms with Crippen LogP contribution in [0.25, 0.3) is 10.9 Å². The van der Waals surface area contributed by atoms with E-state index in [9.17, 15) is 0 Å². The molecule has 2 aliphatic carbocycles. The third-order valence-electron chi connectivity index (χ3n) is 8.71. The zero-order chi connectivity index (χ0) is 25.8. The molecule has 4 rings (SSSR count). The first-order valence-corrected chi connectivity index (χ1v) is 14.6. The van der Waals surface area contributed by atoms with Crippen LogP contribution in [0.4, 0.5) is 11.4 Å². The number of hydrogen-bond donors (Lipinski definition) is 2. The van der Waals surface area contributed by atoms with Crippen molar-refractivity contribution < 1.29 is 4.74 Å². The molecule has 2 aliphatic rings. The number of aromatic nitrogens is 1. The zero-order valence-corrected chi connectivity index (χ0v) is 23.9. The summed E-state index contributed by atoms with van der Waals surface area (Å²) in [6.07, 6.45) is 14.2. The number of nitrogens with one attached hydrogen (secondary N) is 2. The summed E-state index contributed by atoms with van der Waals surface area (Å²) in [5.41, 5.74) is 6.04. The number of ether oxygens (including phenoxy) is 1. The van der Waals surface area contributed by atoms with Crippen molar-refractivity contribution in [2.75, 3.05) is 23.8 Å². The number of hydrogen-bond acceptors (Lipinski definition) is 4. The third kappa shape index (κ3) is 6.37. The standard InChI is InChI=1S/C31H46ClN3O/c1-6-8-15-26(22-11-9-12-22)35-28-19-33-27-18-24(32)16-17-25(27)29(28)34-20-31(5,7-2)21-36-30(3,4)23-13-10-14-23/h16-19,23,35H,6-15,20-21H2,1-5H3,(H,33,34). The van der Waals surface area contributed by atoms with Crippen molar-refractivity contribution in [3.05, 3.63) is 40.7 Å². The fourth-order valence-corrected chi connectivity index (χ4v) is 5.28. The second-order valence-corrected chi connectivity index (χ2v) is 12.3. The zero-order valence-electron chi connectivity index (χ0n) is 23.1. The van der Waals surface area contributed by atoms with Crippen LogP contribution in [0.3, 0.4) is 0 Å². The number of rotatable bonds is 13. The molecule has 2 aromatic rings. The fourth-order valence-electron chi connectivity index (χ4n) is 5.11. The van der Waals surface area contributed by atoms with Gasteiger partial charge in [-0.2, -0.15) is 0 Å². The van der Waals surface area contributed by atoms with E-state index in [1.54, 1.807) is 5.57 Å². The summed E-state index contributed by atoms with van der Waals surface area (Å²) in [4.78, 5) is 4.77. The Balaban J connectivity index is 1.57. The molecule has 2 fully saturated rings. The first-order valence-electron chi connectivity index (χ1n) is 14.2. The average molecular weight is 512 g/mol. The Kier molecular flexibility index (Phi) is 8.88. The number of fused-ring (bicyclic) bond motifs is 1. The van der Waals surface area contributed by atoms with E-state index in [2.05, 4.69) is 51.3 Å². The number of nitrogens with zero attached hydrogens (tertiary/aromatic N) is 1. The first kappa shape index (κ1) is 27.3. The van der Waals surface area contributed by atoms with Crippen molar-refractivity contribution in [3.8, 4) is 0 Å². The number of allylic oxidation sites excluding steroid dienone is 2. The second-order valence-electron chi connectivity index (χ2n) is 11.9. The molecule has 0 radical (unpaired) electrons. The highest BCUT2D eigenvalue weighted by Gasteiger charge is 2.36. The largest absolute Gasteiger partial charge is 0.382 e. The van der Waals surface area contributed by atoms with E-state index in [0.29, 0.717) is 10.9 Å². The van der Waals surface area contributed by atoms with Gasteiger partial charge in [0.05, 0.1) is 35.3 Å². The minimum Gasteiger partial charge on any atom is -0.382 e. The monoisotopic (exact) mass is 511 g/mol. The van der Waals surface area contributed by atoms with Crippen molar-refractivity contribution in [2.24, 2.45) is 11.3 Å². The van der Waals surface area contributed by atoms with E-state index in [1.165, 1.54) is 57.1 Å². The summed E-state index contributed by atoms with van der Waals surface area (Å²) in [6.45, 7) is 13.0. The second kappa shape index (κ2) is 11.7. The molecule has 1 aromatic carbocycles. The highest BCUT2D eigenvalue weighted by Crippen LogP contribution is 2.40. The van der Waals surface area contributed by atoms with Crippen molar-refractivity contribution in [3.63, 3.8) is 0 Å². The van der Waals surface area contributed by atoms with Crippen LogP contribution in [-0.4, -0.2) is 23.7 Å². The van der Waals surface area contributed by atoms with Gasteiger partial charge in [0, 0.05) is 28.1 Å². The van der Waals surface area contributed by atoms with Gasteiger partial charge >= 0.3 is 0 Å². The van der Waals surface area contributed by atoms with Gasteiger partial charge in [-0.3, -0.25) is 4.98 Å². The third-order valence-corrected chi connectivity index (χ3v) is 8.94. The molecule has 1 unspecified atom stereocenters. The number of anilines is 2. The minimum absolute atomic E-state index is 0.0256. The maximum atomic E-state index is 6.58. The Bertz CT molecular complexity index is 1070. The molecule has 1 heterocycles. The van der Waals surface area contributed by atoms with Crippen molar-refractivity contribution in [1.82, 2.24) is 4.98 Å². The highest BCUT2D eigenvalue weighted by atomic mass is 35.5. The van der Waals surface area contributed by atoms with Gasteiger partial charge in [0.25, 0.3) is 0 Å². The Morgan fingerprint density at radius 3 is 2.53 bits per heavy atom. The highest BCUT2D eigenvalue weighted by molar-refractivity contribution is 6.31. The van der Waals surface area contributed by atoms with Crippen LogP contribution in [0.5, 0.6) is 0 Å². The SMILES string of the molecule is CCCCC(Nc1cnc2cc(Cl)ccc2c1NCC(C)(CC)COC(C)(C)C1CCC1)=C1CCC1. The Labute approximate surface area is 223 Å². The van der Waals surface area contributed by atoms with E-state index in [0.717, 1.165) is 48.3 Å². The maximum absolute atomic E-state index is 6.58. The first-order chi connectivity index (χ1) is 17.2. The number of benzene rings is 1. The van der Waals surface area contributed by atoms with Gasteiger partial charge in [0.2, 0.25) is 0 Å². The van der Waals surface area contributed by atoms with E-state index in [1.807, 2.05) is 18.3 Å². The molecule has 0 saturated heterocycles. The number of unbranched alkanes of at least 4 members (excludes halogenated alkanes) is 1. The van der Waals surface area contributed by atoms with Crippen LogP contribution in [0.1, 0.15) is 98.8 Å². The van der Waals surface area contributed by atoms with Crippen molar-refractivity contribution >= 4 is 33.9 Å². The smallest absolute Gasteiger partial charge is 0.0810 e. The van der Waals surface area contributed by atoms with Gasteiger partial charge in [-0.05, 0) is 89.3 Å². The topological polar surface area (TPSA) is 46.2 Å². The van der Waals surface area contributed by atoms with Gasteiger partial charge in [-0.15, -0.1) is 0 Å². The molecular formula is C31H46ClN3O. The van der Waals surface area contributed by atoms with Crippen molar-refractivity contribution in [2.45, 2.75) is 104 Å². The van der Waals surface area contributed by atoms with Crippen LogP contribution in [0.2, 0.25) is 5.02 Å². The molecule has 1 atom stereocenters. The molecule has 36 heavy (non-hydrogen) atoms. The lowest BCUT2D eigenvalue weighted by Crippen LogP contribution is -2.42. The van der Waals surface area contributed by atoms with Gasteiger partial charge in [0.1, 0.15) is 0 Å². The quantitative estimate of drug-likeness (QED) is 0.281. The summed E-state index contributed by atoms with van der Waals surface area (Å²) in [5, 5.41) is 9.49. The van der Waals surface area contributed by atoms with Gasteiger partial charge in [0.15, 0.2) is 0 Å². The van der Waals surface area contributed by atoms with Crippen LogP contribution >= 0.6 is 11.6 Å². The van der Waals surface area contributed by atoms with Crippen molar-refractivity contribution in [1.29, 1.82) is 0 Å². The summed E-state index contributed by atoms with van der Waals surface area (Å²) in [5.74, 6) is 0.692. The predicted octanol–water partition coefficient (Wildman–Crippen LogP) is 9.35. The van der Waals surface area contributed by atoms with Crippen LogP contribution in [0, 0.1) is 11.3 Å². The molecule has 0 aliphatic heterocycles. The molecular weight excluding hydrogens is 466 g/mol. The molecule has 2 N–H and O–H groups in total. The molecule has 0 bridgehead atoms. The molecule has 1 aromatic heterocycles. The Morgan fingerprint density at radius 1 is 1.14 bits per heavy atom. The number of halogens is 1. The summed E-state index contributed by atoms with van der Waals surface area (Å²) >= 11 is 6.32. The lowest BCUT2D eigenvalue weighted by Gasteiger charge is -2.42. The van der Waals surface area contributed by atoms with Gasteiger partial charge in [-0.25, -0.2) is 0 Å². The van der Waals surface area contributed by atoms with Crippen LogP contribution in [0.15, 0.2) is 35.7 Å².